The second-order valence-corrected chi connectivity index (χ2v) is 10.7. The number of aryl methyl sites for hydroxylation is 2. The fraction of sp³-hybridized carbons (Fsp3) is 0.367. The summed E-state index contributed by atoms with van der Waals surface area (Å²) in [6, 6.07) is 19.3. The predicted octanol–water partition coefficient (Wildman–Crippen LogP) is 5.63. The van der Waals surface area contributed by atoms with E-state index in [0.717, 1.165) is 70.9 Å². The van der Waals surface area contributed by atoms with E-state index in [1.807, 2.05) is 44.5 Å². The van der Waals surface area contributed by atoms with E-state index in [1.54, 1.807) is 0 Å². The monoisotopic (exact) mass is 495 g/mol. The molecule has 0 bridgehead atoms. The Bertz CT molecular complexity index is 1550. The Kier molecular flexibility index (Phi) is 5.85. The molecule has 1 fully saturated rings. The highest BCUT2D eigenvalue weighted by Gasteiger charge is 2.31. The molecule has 5 aromatic rings. The normalized spacial score (nSPS) is 16.0. The molecule has 1 atom stereocenters. The highest BCUT2D eigenvalue weighted by Crippen LogP contribution is 2.41. The molecule has 7 heteroatoms. The number of rotatable bonds is 5. The molecular formula is C30H33N5O2. The van der Waals surface area contributed by atoms with E-state index >= 15 is 0 Å². The molecule has 1 N–H and O–H groups in total. The molecule has 37 heavy (non-hydrogen) atoms. The van der Waals surface area contributed by atoms with Gasteiger partial charge in [0.05, 0.1) is 40.1 Å². The van der Waals surface area contributed by atoms with Gasteiger partial charge < -0.3 is 14.4 Å². The van der Waals surface area contributed by atoms with Crippen molar-refractivity contribution in [3.8, 4) is 5.69 Å². The summed E-state index contributed by atoms with van der Waals surface area (Å²) in [5.74, 6) is 2.06. The molecule has 0 spiro atoms. The van der Waals surface area contributed by atoms with Crippen LogP contribution in [0.2, 0.25) is 0 Å². The summed E-state index contributed by atoms with van der Waals surface area (Å²) < 4.78 is 10.3. The average Bonchev–Trinajstić information content (AvgIpc) is 3.40. The second-order valence-electron chi connectivity index (χ2n) is 10.7. The summed E-state index contributed by atoms with van der Waals surface area (Å²) in [6.07, 6.45) is 3.89. The molecule has 1 aliphatic rings. The molecular weight excluding hydrogens is 462 g/mol. The van der Waals surface area contributed by atoms with Crippen LogP contribution in [-0.2, 0) is 10.3 Å². The lowest BCUT2D eigenvalue weighted by atomic mass is 9.86. The minimum atomic E-state index is -0.953. The lowest BCUT2D eigenvalue weighted by Crippen LogP contribution is -2.27. The minimum Gasteiger partial charge on any atom is -0.386 e. The maximum absolute atomic E-state index is 10.9. The molecule has 6 rings (SSSR count). The van der Waals surface area contributed by atoms with Gasteiger partial charge in [-0.3, -0.25) is 9.55 Å². The summed E-state index contributed by atoms with van der Waals surface area (Å²) >= 11 is 0. The second kappa shape index (κ2) is 9.08. The van der Waals surface area contributed by atoms with Crippen LogP contribution >= 0.6 is 0 Å². The lowest BCUT2D eigenvalue weighted by Gasteiger charge is -2.33. The van der Waals surface area contributed by atoms with E-state index in [9.17, 15) is 5.11 Å². The Hall–Kier alpha value is -3.55. The highest BCUT2D eigenvalue weighted by molar-refractivity contribution is 6.06. The summed E-state index contributed by atoms with van der Waals surface area (Å²) in [6.45, 7) is 9.13. The number of fused-ring (bicyclic) bond motifs is 3. The van der Waals surface area contributed by atoms with Crippen molar-refractivity contribution in [3.63, 3.8) is 0 Å². The molecule has 4 heterocycles. The van der Waals surface area contributed by atoms with Gasteiger partial charge in [-0.25, -0.2) is 0 Å². The fourth-order valence-corrected chi connectivity index (χ4v) is 5.85. The Labute approximate surface area is 216 Å². The van der Waals surface area contributed by atoms with Crippen molar-refractivity contribution in [3.05, 3.63) is 83.6 Å². The van der Waals surface area contributed by atoms with Gasteiger partial charge in [0, 0.05) is 18.6 Å². The third kappa shape index (κ3) is 4.12. The van der Waals surface area contributed by atoms with Crippen molar-refractivity contribution in [2.45, 2.75) is 52.2 Å². The van der Waals surface area contributed by atoms with Crippen LogP contribution in [0.3, 0.4) is 0 Å². The Morgan fingerprint density at radius 1 is 0.946 bits per heavy atom. The van der Waals surface area contributed by atoms with Crippen LogP contribution in [0.4, 0.5) is 0 Å². The van der Waals surface area contributed by atoms with Gasteiger partial charge in [0.25, 0.3) is 0 Å². The van der Waals surface area contributed by atoms with Crippen LogP contribution in [0.15, 0.2) is 60.8 Å². The van der Waals surface area contributed by atoms with Crippen molar-refractivity contribution in [1.82, 2.24) is 24.3 Å². The number of hydrogen-bond acceptors (Lipinski definition) is 5. The Morgan fingerprint density at radius 2 is 1.65 bits per heavy atom. The van der Waals surface area contributed by atoms with Crippen molar-refractivity contribution in [2.24, 2.45) is 5.92 Å². The maximum Gasteiger partial charge on any atom is 0.134 e. The SMILES string of the molecule is Cc1nnc(C)n1-c1cnc2c3ccc(C(C)(C)O)cc3n(C(c3ccccc3)C3CCOCC3)c2c1. The summed E-state index contributed by atoms with van der Waals surface area (Å²) in [5, 5.41) is 20.5. The van der Waals surface area contributed by atoms with Gasteiger partial charge in [0.2, 0.25) is 0 Å². The van der Waals surface area contributed by atoms with Gasteiger partial charge in [-0.05, 0) is 69.7 Å². The molecule has 7 nitrogen and oxygen atoms in total. The zero-order chi connectivity index (χ0) is 25.7. The van der Waals surface area contributed by atoms with Gasteiger partial charge >= 0.3 is 0 Å². The van der Waals surface area contributed by atoms with E-state index in [4.69, 9.17) is 9.72 Å². The van der Waals surface area contributed by atoms with E-state index < -0.39 is 5.60 Å². The Morgan fingerprint density at radius 3 is 2.32 bits per heavy atom. The van der Waals surface area contributed by atoms with E-state index in [-0.39, 0.29) is 6.04 Å². The molecule has 0 amide bonds. The van der Waals surface area contributed by atoms with Gasteiger partial charge in [-0.15, -0.1) is 10.2 Å². The van der Waals surface area contributed by atoms with Crippen molar-refractivity contribution >= 4 is 21.9 Å². The lowest BCUT2D eigenvalue weighted by molar-refractivity contribution is 0.0552. The maximum atomic E-state index is 10.9. The number of hydrogen-bond donors (Lipinski definition) is 1. The quantitative estimate of drug-likeness (QED) is 0.342. The number of ether oxygens (including phenoxy) is 1. The first kappa shape index (κ1) is 23.8. The first-order valence-electron chi connectivity index (χ1n) is 13.0. The van der Waals surface area contributed by atoms with E-state index in [1.165, 1.54) is 5.56 Å². The summed E-state index contributed by atoms with van der Waals surface area (Å²) in [5.41, 5.74) is 5.24. The first-order chi connectivity index (χ1) is 17.8. The number of pyridine rings is 1. The zero-order valence-corrected chi connectivity index (χ0v) is 21.8. The van der Waals surface area contributed by atoms with Gasteiger partial charge in [0.15, 0.2) is 0 Å². The fourth-order valence-electron chi connectivity index (χ4n) is 5.85. The molecule has 0 aliphatic carbocycles. The van der Waals surface area contributed by atoms with Crippen molar-refractivity contribution < 1.29 is 9.84 Å². The summed E-state index contributed by atoms with van der Waals surface area (Å²) in [4.78, 5) is 5.00. The van der Waals surface area contributed by atoms with Crippen LogP contribution < -0.4 is 0 Å². The molecule has 2 aromatic carbocycles. The first-order valence-corrected chi connectivity index (χ1v) is 13.0. The molecule has 0 radical (unpaired) electrons. The molecule has 0 saturated carbocycles. The third-order valence-electron chi connectivity index (χ3n) is 7.71. The van der Waals surface area contributed by atoms with Gasteiger partial charge in [-0.2, -0.15) is 0 Å². The molecule has 190 valence electrons. The number of benzene rings is 2. The van der Waals surface area contributed by atoms with E-state index in [0.29, 0.717) is 5.92 Å². The average molecular weight is 496 g/mol. The third-order valence-corrected chi connectivity index (χ3v) is 7.71. The zero-order valence-electron chi connectivity index (χ0n) is 21.8. The number of nitrogens with zero attached hydrogens (tertiary/aromatic N) is 5. The standard InChI is InChI=1S/C30H33N5O2/c1-19-32-33-20(2)34(19)24-17-27-28(31-18-24)25-11-10-23(30(3,4)36)16-26(25)35(27)29(21-8-6-5-7-9-21)22-12-14-37-15-13-22/h5-11,16-18,22,29,36H,12-15H2,1-4H3. The molecule has 3 aromatic heterocycles. The molecule has 1 unspecified atom stereocenters. The van der Waals surface area contributed by atoms with Crippen LogP contribution in [-0.4, -0.2) is 42.6 Å². The number of aromatic nitrogens is 5. The summed E-state index contributed by atoms with van der Waals surface area (Å²) in [7, 11) is 0. The van der Waals surface area contributed by atoms with E-state index in [2.05, 4.69) is 63.3 Å². The predicted molar refractivity (Wildman–Crippen MR) is 145 cm³/mol. The molecule has 1 saturated heterocycles. The van der Waals surface area contributed by atoms with Crippen molar-refractivity contribution in [2.75, 3.05) is 13.2 Å². The van der Waals surface area contributed by atoms with Gasteiger partial charge in [0.1, 0.15) is 11.6 Å². The van der Waals surface area contributed by atoms with Crippen LogP contribution in [0.1, 0.15) is 55.5 Å². The number of aliphatic hydroxyl groups is 1. The minimum absolute atomic E-state index is 0.0994. The van der Waals surface area contributed by atoms with Crippen LogP contribution in [0.25, 0.3) is 27.6 Å². The Balaban J connectivity index is 1.69. The molecule has 1 aliphatic heterocycles. The van der Waals surface area contributed by atoms with Crippen molar-refractivity contribution in [1.29, 1.82) is 0 Å². The van der Waals surface area contributed by atoms with Crippen LogP contribution in [0.5, 0.6) is 0 Å². The van der Waals surface area contributed by atoms with Crippen LogP contribution in [0, 0.1) is 19.8 Å². The van der Waals surface area contributed by atoms with Gasteiger partial charge in [-0.1, -0.05) is 42.5 Å². The largest absolute Gasteiger partial charge is 0.386 e. The highest BCUT2D eigenvalue weighted by atomic mass is 16.5. The smallest absolute Gasteiger partial charge is 0.134 e. The topological polar surface area (TPSA) is 78.0 Å².